The van der Waals surface area contributed by atoms with Gasteiger partial charge in [-0.25, -0.2) is 0 Å². The standard InChI is InChI=1S/C15H19NO3/c1-8-5-6-12(19-4)14-13(8)10(3)11(16-14)7-9(2)15(17)18/h5-6,9,16H,7H2,1-4H3,(H,17,18). The fourth-order valence-corrected chi connectivity index (χ4v) is 2.46. The lowest BCUT2D eigenvalue weighted by atomic mass is 10.0. The van der Waals surface area contributed by atoms with Gasteiger partial charge in [0.15, 0.2) is 0 Å². The summed E-state index contributed by atoms with van der Waals surface area (Å²) in [5.41, 5.74) is 4.20. The number of hydrogen-bond acceptors (Lipinski definition) is 2. The Balaban J connectivity index is 2.56. The van der Waals surface area contributed by atoms with E-state index in [1.54, 1.807) is 14.0 Å². The molecule has 4 nitrogen and oxygen atoms in total. The highest BCUT2D eigenvalue weighted by Gasteiger charge is 2.18. The molecule has 1 aromatic heterocycles. The van der Waals surface area contributed by atoms with Crippen LogP contribution < -0.4 is 4.74 Å². The Labute approximate surface area is 112 Å². The summed E-state index contributed by atoms with van der Waals surface area (Å²) in [5, 5.41) is 10.2. The van der Waals surface area contributed by atoms with Crippen LogP contribution in [0.2, 0.25) is 0 Å². The van der Waals surface area contributed by atoms with Crippen LogP contribution in [-0.4, -0.2) is 23.2 Å². The van der Waals surface area contributed by atoms with Crippen molar-refractivity contribution >= 4 is 16.9 Å². The first-order chi connectivity index (χ1) is 8.95. The van der Waals surface area contributed by atoms with Crippen molar-refractivity contribution in [2.45, 2.75) is 27.2 Å². The highest BCUT2D eigenvalue weighted by atomic mass is 16.5. The van der Waals surface area contributed by atoms with E-state index in [9.17, 15) is 4.79 Å². The zero-order chi connectivity index (χ0) is 14.2. The smallest absolute Gasteiger partial charge is 0.306 e. The summed E-state index contributed by atoms with van der Waals surface area (Å²) in [7, 11) is 1.64. The molecule has 102 valence electrons. The van der Waals surface area contributed by atoms with E-state index in [1.165, 1.54) is 5.56 Å². The van der Waals surface area contributed by atoms with E-state index >= 15 is 0 Å². The molecule has 1 heterocycles. The number of aryl methyl sites for hydroxylation is 2. The monoisotopic (exact) mass is 261 g/mol. The van der Waals surface area contributed by atoms with Gasteiger partial charge in [0, 0.05) is 17.5 Å². The maximum atomic E-state index is 11.0. The second-order valence-corrected chi connectivity index (χ2v) is 5.01. The molecule has 19 heavy (non-hydrogen) atoms. The number of carbonyl (C=O) groups is 1. The Hall–Kier alpha value is -1.97. The number of benzene rings is 1. The van der Waals surface area contributed by atoms with Crippen molar-refractivity contribution in [2.24, 2.45) is 5.92 Å². The third-order valence-electron chi connectivity index (χ3n) is 3.63. The van der Waals surface area contributed by atoms with Crippen molar-refractivity contribution in [2.75, 3.05) is 7.11 Å². The zero-order valence-electron chi connectivity index (χ0n) is 11.7. The average molecular weight is 261 g/mol. The largest absolute Gasteiger partial charge is 0.495 e. The number of rotatable bonds is 4. The number of aliphatic carboxylic acids is 1. The summed E-state index contributed by atoms with van der Waals surface area (Å²) < 4.78 is 5.36. The Morgan fingerprint density at radius 1 is 1.42 bits per heavy atom. The minimum atomic E-state index is -0.776. The lowest BCUT2D eigenvalue weighted by Crippen LogP contribution is -2.12. The lowest BCUT2D eigenvalue weighted by Gasteiger charge is -2.05. The van der Waals surface area contributed by atoms with Crippen molar-refractivity contribution in [1.29, 1.82) is 0 Å². The summed E-state index contributed by atoms with van der Waals surface area (Å²) >= 11 is 0. The number of aromatic nitrogens is 1. The first-order valence-corrected chi connectivity index (χ1v) is 6.33. The van der Waals surface area contributed by atoms with Crippen LogP contribution in [0, 0.1) is 19.8 Å². The van der Waals surface area contributed by atoms with Gasteiger partial charge in [-0.05, 0) is 31.0 Å². The number of aromatic amines is 1. The number of ether oxygens (including phenoxy) is 1. The zero-order valence-corrected chi connectivity index (χ0v) is 11.7. The quantitative estimate of drug-likeness (QED) is 0.889. The topological polar surface area (TPSA) is 62.3 Å². The molecule has 0 radical (unpaired) electrons. The minimum absolute atomic E-state index is 0.405. The molecule has 1 aromatic carbocycles. The fourth-order valence-electron chi connectivity index (χ4n) is 2.46. The van der Waals surface area contributed by atoms with Crippen molar-refractivity contribution in [3.05, 3.63) is 29.0 Å². The van der Waals surface area contributed by atoms with Crippen LogP contribution in [0.1, 0.15) is 23.7 Å². The molecule has 0 spiro atoms. The predicted molar refractivity (Wildman–Crippen MR) is 74.8 cm³/mol. The van der Waals surface area contributed by atoms with E-state index in [-0.39, 0.29) is 0 Å². The Bertz CT molecular complexity index is 628. The average Bonchev–Trinajstić information content (AvgIpc) is 2.68. The minimum Gasteiger partial charge on any atom is -0.495 e. The third kappa shape index (κ3) is 2.30. The second-order valence-electron chi connectivity index (χ2n) is 5.01. The molecule has 1 unspecified atom stereocenters. The summed E-state index contributed by atoms with van der Waals surface area (Å²) in [4.78, 5) is 14.3. The number of fused-ring (bicyclic) bond motifs is 1. The van der Waals surface area contributed by atoms with Gasteiger partial charge < -0.3 is 14.8 Å². The number of hydrogen-bond donors (Lipinski definition) is 2. The highest BCUT2D eigenvalue weighted by molar-refractivity contribution is 5.92. The number of carboxylic acids is 1. The van der Waals surface area contributed by atoms with E-state index in [2.05, 4.69) is 4.98 Å². The van der Waals surface area contributed by atoms with Gasteiger partial charge in [0.1, 0.15) is 5.75 Å². The molecule has 0 bridgehead atoms. The van der Waals surface area contributed by atoms with Crippen LogP contribution in [-0.2, 0) is 11.2 Å². The van der Waals surface area contributed by atoms with Crippen molar-refractivity contribution in [3.63, 3.8) is 0 Å². The third-order valence-corrected chi connectivity index (χ3v) is 3.63. The van der Waals surface area contributed by atoms with Crippen LogP contribution in [0.15, 0.2) is 12.1 Å². The number of nitrogens with one attached hydrogen (secondary N) is 1. The van der Waals surface area contributed by atoms with E-state index in [1.807, 2.05) is 26.0 Å². The summed E-state index contributed by atoms with van der Waals surface area (Å²) in [6.07, 6.45) is 0.498. The molecule has 4 heteroatoms. The van der Waals surface area contributed by atoms with E-state index in [4.69, 9.17) is 9.84 Å². The lowest BCUT2D eigenvalue weighted by molar-refractivity contribution is -0.141. The molecular formula is C15H19NO3. The Morgan fingerprint density at radius 3 is 2.68 bits per heavy atom. The molecule has 0 aliphatic rings. The Kier molecular flexibility index (Phi) is 3.51. The fraction of sp³-hybridized carbons (Fsp3) is 0.400. The summed E-state index contributed by atoms with van der Waals surface area (Å²) in [6.45, 7) is 5.79. The summed E-state index contributed by atoms with van der Waals surface area (Å²) in [6, 6.07) is 3.95. The van der Waals surface area contributed by atoms with Crippen LogP contribution in [0.5, 0.6) is 5.75 Å². The molecule has 0 saturated heterocycles. The van der Waals surface area contributed by atoms with Crippen LogP contribution in [0.3, 0.4) is 0 Å². The second kappa shape index (κ2) is 4.96. The number of carboxylic acid groups (broad SMARTS) is 1. The van der Waals surface area contributed by atoms with Crippen molar-refractivity contribution < 1.29 is 14.6 Å². The molecule has 0 saturated carbocycles. The van der Waals surface area contributed by atoms with Gasteiger partial charge in [-0.15, -0.1) is 0 Å². The normalized spacial score (nSPS) is 12.6. The van der Waals surface area contributed by atoms with Gasteiger partial charge in [0.25, 0.3) is 0 Å². The molecule has 2 N–H and O–H groups in total. The Morgan fingerprint density at radius 2 is 2.11 bits per heavy atom. The van der Waals surface area contributed by atoms with Gasteiger partial charge in [-0.1, -0.05) is 13.0 Å². The predicted octanol–water partition coefficient (Wildman–Crippen LogP) is 3.06. The van der Waals surface area contributed by atoms with E-state index in [0.717, 1.165) is 27.9 Å². The van der Waals surface area contributed by atoms with Gasteiger partial charge >= 0.3 is 5.97 Å². The maximum absolute atomic E-state index is 11.0. The van der Waals surface area contributed by atoms with Crippen LogP contribution in [0.25, 0.3) is 10.9 Å². The summed E-state index contributed by atoms with van der Waals surface area (Å²) in [5.74, 6) is -0.391. The van der Waals surface area contributed by atoms with Gasteiger partial charge in [-0.2, -0.15) is 0 Å². The molecule has 0 aliphatic heterocycles. The van der Waals surface area contributed by atoms with Gasteiger partial charge in [-0.3, -0.25) is 4.79 Å². The van der Waals surface area contributed by atoms with E-state index < -0.39 is 11.9 Å². The van der Waals surface area contributed by atoms with Gasteiger partial charge in [0.05, 0.1) is 18.5 Å². The first kappa shape index (κ1) is 13.5. The first-order valence-electron chi connectivity index (χ1n) is 6.33. The van der Waals surface area contributed by atoms with Crippen molar-refractivity contribution in [1.82, 2.24) is 4.98 Å². The van der Waals surface area contributed by atoms with Crippen LogP contribution in [0.4, 0.5) is 0 Å². The number of H-pyrrole nitrogens is 1. The van der Waals surface area contributed by atoms with Crippen LogP contribution >= 0.6 is 0 Å². The molecular weight excluding hydrogens is 242 g/mol. The number of methoxy groups -OCH3 is 1. The maximum Gasteiger partial charge on any atom is 0.306 e. The molecule has 0 aliphatic carbocycles. The molecule has 1 atom stereocenters. The molecule has 0 fully saturated rings. The SMILES string of the molecule is COc1ccc(C)c2c(C)c(CC(C)C(=O)O)[nH]c12. The highest BCUT2D eigenvalue weighted by Crippen LogP contribution is 2.32. The molecule has 2 aromatic rings. The van der Waals surface area contributed by atoms with Crippen molar-refractivity contribution in [3.8, 4) is 5.75 Å². The molecule has 2 rings (SSSR count). The van der Waals surface area contributed by atoms with Gasteiger partial charge in [0.2, 0.25) is 0 Å². The molecule has 0 amide bonds. The van der Waals surface area contributed by atoms with E-state index in [0.29, 0.717) is 6.42 Å².